The smallest absolute Gasteiger partial charge is 0.305 e. The maximum atomic E-state index is 12.1. The van der Waals surface area contributed by atoms with E-state index in [0.29, 0.717) is 19.3 Å². The first kappa shape index (κ1) is 22.7. The van der Waals surface area contributed by atoms with E-state index in [-0.39, 0.29) is 30.0 Å². The van der Waals surface area contributed by atoms with Crippen molar-refractivity contribution in [3.8, 4) is 11.8 Å². The summed E-state index contributed by atoms with van der Waals surface area (Å²) in [7, 11) is 1.39. The molecule has 5 nitrogen and oxygen atoms in total. The number of hydrogen-bond acceptors (Lipinski definition) is 5. The summed E-state index contributed by atoms with van der Waals surface area (Å²) < 4.78 is 4.61. The fraction of sp³-hybridized carbons (Fsp3) is 0.810. The third kappa shape index (κ3) is 8.33. The standard InChI is InChI=1S/C21H34O5/c1-3-4-7-10-16(22)13-14-18-17(19(23)15-20(18)24)11-8-5-6-9-12-21(25)26-2/h16-18,20,22,24H,3-12,15H2,1-2H3/t16-,17-,18-,20+/m0/s1. The molecule has 0 heterocycles. The van der Waals surface area contributed by atoms with Crippen LogP contribution in [0.15, 0.2) is 0 Å². The second kappa shape index (κ2) is 12.9. The van der Waals surface area contributed by atoms with Gasteiger partial charge < -0.3 is 14.9 Å². The first-order chi connectivity index (χ1) is 12.5. The molecule has 1 aliphatic rings. The number of carbonyl (C=O) groups excluding carboxylic acids is 2. The molecule has 2 N–H and O–H groups in total. The Balaban J connectivity index is 2.40. The summed E-state index contributed by atoms with van der Waals surface area (Å²) in [5, 5.41) is 20.1. The SMILES string of the molecule is CCCCC[C@H](O)C#C[C@@H]1[C@H](O)CC(=O)[C@H]1CCCCCCC(=O)OC. The van der Waals surface area contributed by atoms with Crippen molar-refractivity contribution in [2.45, 2.75) is 89.8 Å². The minimum atomic E-state index is -0.720. The van der Waals surface area contributed by atoms with Gasteiger partial charge in [0.15, 0.2) is 0 Å². The highest BCUT2D eigenvalue weighted by Gasteiger charge is 2.40. The molecule has 0 spiro atoms. The van der Waals surface area contributed by atoms with Gasteiger partial charge in [0, 0.05) is 18.8 Å². The second-order valence-corrected chi connectivity index (χ2v) is 7.20. The first-order valence-electron chi connectivity index (χ1n) is 9.96. The van der Waals surface area contributed by atoms with Crippen molar-refractivity contribution in [2.75, 3.05) is 7.11 Å². The fourth-order valence-corrected chi connectivity index (χ4v) is 3.43. The summed E-state index contributed by atoms with van der Waals surface area (Å²) in [6.45, 7) is 2.11. The molecule has 0 radical (unpaired) electrons. The van der Waals surface area contributed by atoms with Crippen LogP contribution in [0.3, 0.4) is 0 Å². The highest BCUT2D eigenvalue weighted by molar-refractivity contribution is 5.84. The Hall–Kier alpha value is -1.38. The van der Waals surface area contributed by atoms with Crippen LogP contribution in [0.5, 0.6) is 0 Å². The molecule has 1 aliphatic carbocycles. The van der Waals surface area contributed by atoms with E-state index in [9.17, 15) is 19.8 Å². The Kier molecular flexibility index (Phi) is 11.2. The molecule has 1 saturated carbocycles. The van der Waals surface area contributed by atoms with Gasteiger partial charge in [-0.05, 0) is 25.7 Å². The molecule has 0 saturated heterocycles. The van der Waals surface area contributed by atoms with Gasteiger partial charge >= 0.3 is 5.97 Å². The highest BCUT2D eigenvalue weighted by Crippen LogP contribution is 2.33. The van der Waals surface area contributed by atoms with Crippen LogP contribution in [-0.2, 0) is 14.3 Å². The van der Waals surface area contributed by atoms with E-state index >= 15 is 0 Å². The summed E-state index contributed by atoms with van der Waals surface area (Å²) >= 11 is 0. The molecule has 0 unspecified atom stereocenters. The molecule has 148 valence electrons. The van der Waals surface area contributed by atoms with E-state index in [1.165, 1.54) is 7.11 Å². The first-order valence-corrected chi connectivity index (χ1v) is 9.96. The van der Waals surface area contributed by atoms with Gasteiger partial charge in [-0.15, -0.1) is 0 Å². The van der Waals surface area contributed by atoms with Crippen molar-refractivity contribution >= 4 is 11.8 Å². The zero-order valence-electron chi connectivity index (χ0n) is 16.2. The molecule has 4 atom stereocenters. The van der Waals surface area contributed by atoms with Crippen molar-refractivity contribution in [2.24, 2.45) is 11.8 Å². The topological polar surface area (TPSA) is 83.8 Å². The van der Waals surface area contributed by atoms with Gasteiger partial charge in [0.2, 0.25) is 0 Å². The molecule has 1 rings (SSSR count). The van der Waals surface area contributed by atoms with Crippen molar-refractivity contribution in [3.63, 3.8) is 0 Å². The number of ketones is 1. The predicted octanol–water partition coefficient (Wildman–Crippen LogP) is 3.01. The number of methoxy groups -OCH3 is 1. The number of Topliss-reactive ketones (excluding diaryl/α,β-unsaturated/α-hetero) is 1. The van der Waals surface area contributed by atoms with Gasteiger partial charge in [-0.2, -0.15) is 0 Å². The third-order valence-corrected chi connectivity index (χ3v) is 5.04. The van der Waals surface area contributed by atoms with Crippen molar-refractivity contribution in [3.05, 3.63) is 0 Å². The highest BCUT2D eigenvalue weighted by atomic mass is 16.5. The van der Waals surface area contributed by atoms with Crippen LogP contribution in [-0.4, -0.2) is 41.3 Å². The van der Waals surface area contributed by atoms with E-state index < -0.39 is 12.2 Å². The minimum absolute atomic E-state index is 0.0758. The molecule has 0 amide bonds. The van der Waals surface area contributed by atoms with Crippen LogP contribution < -0.4 is 0 Å². The van der Waals surface area contributed by atoms with Crippen LogP contribution in [0.2, 0.25) is 0 Å². The zero-order valence-corrected chi connectivity index (χ0v) is 16.2. The van der Waals surface area contributed by atoms with Crippen molar-refractivity contribution < 1.29 is 24.5 Å². The van der Waals surface area contributed by atoms with Crippen LogP contribution >= 0.6 is 0 Å². The Bertz CT molecular complexity index is 490. The Labute approximate surface area is 157 Å². The lowest BCUT2D eigenvalue weighted by atomic mass is 9.89. The Morgan fingerprint density at radius 2 is 1.96 bits per heavy atom. The lowest BCUT2D eigenvalue weighted by Crippen LogP contribution is -2.19. The number of carbonyl (C=O) groups is 2. The van der Waals surface area contributed by atoms with Gasteiger partial charge in [0.05, 0.1) is 19.1 Å². The van der Waals surface area contributed by atoms with Crippen LogP contribution in [0, 0.1) is 23.7 Å². The largest absolute Gasteiger partial charge is 0.469 e. The molecule has 0 aromatic rings. The molecule has 1 fully saturated rings. The maximum Gasteiger partial charge on any atom is 0.305 e. The molecule has 0 aromatic carbocycles. The predicted molar refractivity (Wildman–Crippen MR) is 100 cm³/mol. The minimum Gasteiger partial charge on any atom is -0.469 e. The number of rotatable bonds is 11. The lowest BCUT2D eigenvalue weighted by molar-refractivity contribution is -0.140. The van der Waals surface area contributed by atoms with Gasteiger partial charge in [0.25, 0.3) is 0 Å². The number of aliphatic hydroxyl groups is 2. The number of hydrogen-bond donors (Lipinski definition) is 2. The molecule has 26 heavy (non-hydrogen) atoms. The molecular formula is C21H34O5. The summed E-state index contributed by atoms with van der Waals surface area (Å²) in [5.74, 6) is 5.11. The number of esters is 1. The van der Waals surface area contributed by atoms with Gasteiger partial charge in [0.1, 0.15) is 11.9 Å². The van der Waals surface area contributed by atoms with E-state index in [0.717, 1.165) is 44.9 Å². The van der Waals surface area contributed by atoms with E-state index in [1.807, 2.05) is 0 Å². The van der Waals surface area contributed by atoms with E-state index in [4.69, 9.17) is 0 Å². The molecule has 0 bridgehead atoms. The number of aliphatic hydroxyl groups excluding tert-OH is 2. The summed E-state index contributed by atoms with van der Waals surface area (Å²) in [6, 6.07) is 0. The van der Waals surface area contributed by atoms with Crippen LogP contribution in [0.4, 0.5) is 0 Å². The molecule has 0 aromatic heterocycles. The normalized spacial score (nSPS) is 23.4. The van der Waals surface area contributed by atoms with Crippen LogP contribution in [0.1, 0.15) is 77.6 Å². The van der Waals surface area contributed by atoms with Gasteiger partial charge in [-0.3, -0.25) is 9.59 Å². The average molecular weight is 366 g/mol. The second-order valence-electron chi connectivity index (χ2n) is 7.20. The lowest BCUT2D eigenvalue weighted by Gasteiger charge is -2.15. The quantitative estimate of drug-likeness (QED) is 0.334. The Morgan fingerprint density at radius 1 is 1.23 bits per heavy atom. The van der Waals surface area contributed by atoms with E-state index in [1.54, 1.807) is 0 Å². The number of ether oxygens (including phenoxy) is 1. The Morgan fingerprint density at radius 3 is 2.65 bits per heavy atom. The summed E-state index contributed by atoms with van der Waals surface area (Å²) in [6.07, 6.45) is 7.18. The molecule has 5 heteroatoms. The zero-order chi connectivity index (χ0) is 19.4. The van der Waals surface area contributed by atoms with Gasteiger partial charge in [-0.25, -0.2) is 0 Å². The molecular weight excluding hydrogens is 332 g/mol. The monoisotopic (exact) mass is 366 g/mol. The van der Waals surface area contributed by atoms with E-state index in [2.05, 4.69) is 23.5 Å². The van der Waals surface area contributed by atoms with Crippen molar-refractivity contribution in [1.29, 1.82) is 0 Å². The summed E-state index contributed by atoms with van der Waals surface area (Å²) in [5.41, 5.74) is 0. The van der Waals surface area contributed by atoms with Crippen LogP contribution in [0.25, 0.3) is 0 Å². The molecule has 0 aliphatic heterocycles. The summed E-state index contributed by atoms with van der Waals surface area (Å²) in [4.78, 5) is 23.2. The fourth-order valence-electron chi connectivity index (χ4n) is 3.43. The average Bonchev–Trinajstić information content (AvgIpc) is 2.89. The third-order valence-electron chi connectivity index (χ3n) is 5.04. The number of unbranched alkanes of at least 4 members (excludes halogenated alkanes) is 5. The maximum absolute atomic E-state index is 12.1. The van der Waals surface area contributed by atoms with Gasteiger partial charge in [-0.1, -0.05) is 50.9 Å². The van der Waals surface area contributed by atoms with Crippen molar-refractivity contribution in [1.82, 2.24) is 0 Å².